The van der Waals surface area contributed by atoms with E-state index in [0.717, 1.165) is 18.2 Å². The predicted octanol–water partition coefficient (Wildman–Crippen LogP) is 3.75. The second kappa shape index (κ2) is 4.83. The van der Waals surface area contributed by atoms with Crippen LogP contribution in [0.3, 0.4) is 0 Å². The van der Waals surface area contributed by atoms with E-state index in [-0.39, 0.29) is 0 Å². The van der Waals surface area contributed by atoms with E-state index in [1.165, 1.54) is 5.56 Å². The molecular weight excluding hydrogens is 240 g/mol. The Hall–Kier alpha value is -0.500. The van der Waals surface area contributed by atoms with Gasteiger partial charge in [-0.1, -0.05) is 41.9 Å². The number of halogens is 1. The van der Waals surface area contributed by atoms with Crippen LogP contribution in [0.15, 0.2) is 24.3 Å². The maximum atomic E-state index is 9.16. The fourth-order valence-electron chi connectivity index (χ4n) is 1.37. The Morgan fingerprint density at radius 2 is 1.86 bits per heavy atom. The number of benzene rings is 1. The van der Waals surface area contributed by atoms with Crippen molar-refractivity contribution in [2.45, 2.75) is 26.7 Å². The minimum Gasteiger partial charge on any atom is -0.508 e. The van der Waals surface area contributed by atoms with Gasteiger partial charge in [-0.05, 0) is 36.0 Å². The van der Waals surface area contributed by atoms with Crippen LogP contribution in [0.5, 0.6) is 5.75 Å². The van der Waals surface area contributed by atoms with E-state index >= 15 is 0 Å². The van der Waals surface area contributed by atoms with Crippen molar-refractivity contribution < 1.29 is 5.11 Å². The molecular formula is C12H17BrO. The number of phenolic OH excluding ortho intramolecular Hbond substituents is 1. The highest BCUT2D eigenvalue weighted by Gasteiger charge is 2.20. The first-order valence-corrected chi connectivity index (χ1v) is 6.06. The number of phenols is 1. The van der Waals surface area contributed by atoms with E-state index in [9.17, 15) is 0 Å². The van der Waals surface area contributed by atoms with Gasteiger partial charge in [0.15, 0.2) is 0 Å². The van der Waals surface area contributed by atoms with Crippen LogP contribution in [-0.2, 0) is 6.42 Å². The normalized spacial score (nSPS) is 15.1. The second-order valence-corrected chi connectivity index (χ2v) is 4.70. The molecule has 0 radical (unpaired) electrons. The lowest BCUT2D eigenvalue weighted by Crippen LogP contribution is -2.20. The summed E-state index contributed by atoms with van der Waals surface area (Å²) in [5.41, 5.74) is 1.60. The van der Waals surface area contributed by atoms with Crippen LogP contribution >= 0.6 is 15.9 Å². The smallest absolute Gasteiger partial charge is 0.115 e. The summed E-state index contributed by atoms with van der Waals surface area (Å²) in [5, 5.41) is 10.2. The predicted molar refractivity (Wildman–Crippen MR) is 64.0 cm³/mol. The van der Waals surface area contributed by atoms with Gasteiger partial charge in [0.25, 0.3) is 0 Å². The molecule has 0 aliphatic rings. The summed E-state index contributed by atoms with van der Waals surface area (Å²) in [5.74, 6) is 0.339. The average molecular weight is 257 g/mol. The molecule has 0 aromatic heterocycles. The highest BCUT2D eigenvalue weighted by Crippen LogP contribution is 2.29. The van der Waals surface area contributed by atoms with Crippen LogP contribution in [0.1, 0.15) is 25.8 Å². The first-order chi connectivity index (χ1) is 6.59. The molecule has 0 saturated carbocycles. The summed E-state index contributed by atoms with van der Waals surface area (Å²) in [4.78, 5) is 0. The second-order valence-electron chi connectivity index (χ2n) is 4.14. The third kappa shape index (κ3) is 3.02. The van der Waals surface area contributed by atoms with Gasteiger partial charge in [0.1, 0.15) is 5.75 Å². The van der Waals surface area contributed by atoms with Crippen LogP contribution in [0.25, 0.3) is 0 Å². The fraction of sp³-hybridized carbons (Fsp3) is 0.500. The molecule has 14 heavy (non-hydrogen) atoms. The van der Waals surface area contributed by atoms with Crippen molar-refractivity contribution in [3.05, 3.63) is 29.8 Å². The first kappa shape index (κ1) is 11.6. The molecule has 1 aromatic rings. The molecule has 0 saturated heterocycles. The number of rotatable bonds is 4. The zero-order valence-electron chi connectivity index (χ0n) is 8.76. The molecule has 0 spiro atoms. The van der Waals surface area contributed by atoms with Gasteiger partial charge >= 0.3 is 0 Å². The van der Waals surface area contributed by atoms with Crippen molar-refractivity contribution >= 4 is 15.9 Å². The molecule has 1 nitrogen and oxygen atoms in total. The quantitative estimate of drug-likeness (QED) is 0.814. The molecule has 1 unspecified atom stereocenters. The maximum Gasteiger partial charge on any atom is 0.115 e. The van der Waals surface area contributed by atoms with Gasteiger partial charge in [-0.25, -0.2) is 0 Å². The summed E-state index contributed by atoms with van der Waals surface area (Å²) in [6.07, 6.45) is 2.20. The van der Waals surface area contributed by atoms with Crippen molar-refractivity contribution in [3.8, 4) is 5.75 Å². The topological polar surface area (TPSA) is 20.2 Å². The third-order valence-electron chi connectivity index (χ3n) is 2.74. The van der Waals surface area contributed by atoms with Gasteiger partial charge in [-0.3, -0.25) is 0 Å². The number of hydrogen-bond acceptors (Lipinski definition) is 1. The third-order valence-corrected chi connectivity index (χ3v) is 4.10. The lowest BCUT2D eigenvalue weighted by molar-refractivity contribution is 0.361. The van der Waals surface area contributed by atoms with Crippen molar-refractivity contribution in [2.75, 3.05) is 5.33 Å². The number of aromatic hydroxyl groups is 1. The Labute approximate surface area is 94.3 Å². The van der Waals surface area contributed by atoms with E-state index in [1.807, 2.05) is 12.1 Å². The maximum absolute atomic E-state index is 9.16. The van der Waals surface area contributed by atoms with E-state index in [0.29, 0.717) is 11.2 Å². The van der Waals surface area contributed by atoms with Crippen LogP contribution in [0.4, 0.5) is 0 Å². The Morgan fingerprint density at radius 1 is 1.29 bits per heavy atom. The van der Waals surface area contributed by atoms with Crippen molar-refractivity contribution in [2.24, 2.45) is 5.41 Å². The Kier molecular flexibility index (Phi) is 3.99. The summed E-state index contributed by atoms with van der Waals surface area (Å²) >= 11 is 3.55. The standard InChI is InChI=1S/C12H17BrO/c1-3-12(2,9-13)8-10-4-6-11(14)7-5-10/h4-7,14H,3,8-9H2,1-2H3. The zero-order chi connectivity index (χ0) is 10.6. The molecule has 2 heteroatoms. The molecule has 0 bridgehead atoms. The SMILES string of the molecule is CCC(C)(CBr)Cc1ccc(O)cc1. The largest absolute Gasteiger partial charge is 0.508 e. The van der Waals surface area contributed by atoms with Crippen LogP contribution < -0.4 is 0 Å². The molecule has 0 aliphatic heterocycles. The molecule has 78 valence electrons. The van der Waals surface area contributed by atoms with E-state index in [4.69, 9.17) is 5.11 Å². The lowest BCUT2D eigenvalue weighted by atomic mass is 9.83. The van der Waals surface area contributed by atoms with Gasteiger partial charge in [0, 0.05) is 5.33 Å². The van der Waals surface area contributed by atoms with Crippen LogP contribution in [0.2, 0.25) is 0 Å². The Balaban J connectivity index is 2.72. The van der Waals surface area contributed by atoms with Crippen molar-refractivity contribution in [1.82, 2.24) is 0 Å². The summed E-state index contributed by atoms with van der Waals surface area (Å²) in [7, 11) is 0. The zero-order valence-corrected chi connectivity index (χ0v) is 10.3. The molecule has 1 rings (SSSR count). The van der Waals surface area contributed by atoms with Gasteiger partial charge < -0.3 is 5.11 Å². The molecule has 1 N–H and O–H groups in total. The monoisotopic (exact) mass is 256 g/mol. The van der Waals surface area contributed by atoms with Gasteiger partial charge in [0.2, 0.25) is 0 Å². The van der Waals surface area contributed by atoms with Gasteiger partial charge in [-0.2, -0.15) is 0 Å². The number of hydrogen-bond donors (Lipinski definition) is 1. The highest BCUT2D eigenvalue weighted by molar-refractivity contribution is 9.09. The van der Waals surface area contributed by atoms with Crippen molar-refractivity contribution in [3.63, 3.8) is 0 Å². The lowest BCUT2D eigenvalue weighted by Gasteiger charge is -2.25. The minimum absolute atomic E-state index is 0.316. The summed E-state index contributed by atoms with van der Waals surface area (Å²) in [6.45, 7) is 4.48. The molecule has 0 aliphatic carbocycles. The number of alkyl halides is 1. The van der Waals surface area contributed by atoms with E-state index in [1.54, 1.807) is 12.1 Å². The summed E-state index contributed by atoms with van der Waals surface area (Å²) < 4.78 is 0. The molecule has 0 fully saturated rings. The van der Waals surface area contributed by atoms with Crippen molar-refractivity contribution in [1.29, 1.82) is 0 Å². The highest BCUT2D eigenvalue weighted by atomic mass is 79.9. The Morgan fingerprint density at radius 3 is 2.29 bits per heavy atom. The molecule has 0 heterocycles. The van der Waals surface area contributed by atoms with Gasteiger partial charge in [0.05, 0.1) is 0 Å². The van der Waals surface area contributed by atoms with Gasteiger partial charge in [-0.15, -0.1) is 0 Å². The fourth-order valence-corrected chi connectivity index (χ4v) is 1.97. The minimum atomic E-state index is 0.316. The van der Waals surface area contributed by atoms with Crippen LogP contribution in [0, 0.1) is 5.41 Å². The molecule has 0 amide bonds. The van der Waals surface area contributed by atoms with Crippen LogP contribution in [-0.4, -0.2) is 10.4 Å². The Bertz CT molecular complexity index is 275. The molecule has 1 aromatic carbocycles. The average Bonchev–Trinajstić information content (AvgIpc) is 2.21. The van der Waals surface area contributed by atoms with E-state index in [2.05, 4.69) is 29.8 Å². The van der Waals surface area contributed by atoms with E-state index < -0.39 is 0 Å². The summed E-state index contributed by atoms with van der Waals surface area (Å²) in [6, 6.07) is 7.48. The first-order valence-electron chi connectivity index (χ1n) is 4.93. The molecule has 1 atom stereocenters.